The van der Waals surface area contributed by atoms with Gasteiger partial charge < -0.3 is 9.88 Å². The molecular weight excluding hydrogens is 444 g/mol. The molecule has 0 aromatic carbocycles. The number of rotatable bonds is 6. The predicted octanol–water partition coefficient (Wildman–Crippen LogP) is 1.59. The maximum atomic E-state index is 12.5. The van der Waals surface area contributed by atoms with Crippen LogP contribution in [0.2, 0.25) is 0 Å². The summed E-state index contributed by atoms with van der Waals surface area (Å²) in [6.45, 7) is 1.12. The monoisotopic (exact) mass is 470 g/mol. The van der Waals surface area contributed by atoms with E-state index in [-0.39, 0.29) is 17.5 Å². The van der Waals surface area contributed by atoms with Crippen LogP contribution in [0.25, 0.3) is 10.2 Å². The molecule has 0 bridgehead atoms. The van der Waals surface area contributed by atoms with Gasteiger partial charge in [0.2, 0.25) is 15.9 Å². The van der Waals surface area contributed by atoms with E-state index in [1.54, 1.807) is 23.3 Å². The number of nitrogens with zero attached hydrogens (tertiary/aromatic N) is 3. The van der Waals surface area contributed by atoms with E-state index in [1.165, 1.54) is 32.8 Å². The van der Waals surface area contributed by atoms with Gasteiger partial charge >= 0.3 is 0 Å². The first-order valence-electron chi connectivity index (χ1n) is 10.1. The summed E-state index contributed by atoms with van der Waals surface area (Å²) in [6, 6.07) is -0.0508. The molecule has 8 nitrogen and oxygen atoms in total. The molecule has 2 aromatic heterocycles. The first-order chi connectivity index (χ1) is 14.2. The summed E-state index contributed by atoms with van der Waals surface area (Å²) in [6.07, 6.45) is 5.60. The Morgan fingerprint density at radius 1 is 1.33 bits per heavy atom. The molecule has 1 fully saturated rings. The summed E-state index contributed by atoms with van der Waals surface area (Å²) in [5.41, 5.74) is 1.10. The lowest BCUT2D eigenvalue weighted by Gasteiger charge is -2.35. The van der Waals surface area contributed by atoms with Gasteiger partial charge in [-0.25, -0.2) is 17.7 Å². The third kappa shape index (κ3) is 4.44. The minimum Gasteiger partial charge on any atom is -0.342 e. The number of piperidine rings is 1. The van der Waals surface area contributed by atoms with Crippen LogP contribution >= 0.6 is 23.1 Å². The number of aromatic nitrogens is 2. The Bertz CT molecular complexity index is 1120. The second-order valence-electron chi connectivity index (χ2n) is 7.93. The van der Waals surface area contributed by atoms with Gasteiger partial charge in [0, 0.05) is 31.1 Å². The lowest BCUT2D eigenvalue weighted by Crippen LogP contribution is -2.47. The number of aryl methyl sites for hydroxylation is 2. The van der Waals surface area contributed by atoms with Gasteiger partial charge in [0.1, 0.15) is 10.7 Å². The van der Waals surface area contributed by atoms with Crippen LogP contribution < -0.4 is 5.56 Å². The summed E-state index contributed by atoms with van der Waals surface area (Å²) in [5.74, 6) is 1.44. The highest BCUT2D eigenvalue weighted by Gasteiger charge is 2.29. The van der Waals surface area contributed by atoms with Crippen molar-refractivity contribution in [2.24, 2.45) is 0 Å². The van der Waals surface area contributed by atoms with Crippen molar-refractivity contribution < 1.29 is 13.2 Å². The topological polar surface area (TPSA) is 103 Å². The molecule has 4 rings (SSSR count). The zero-order valence-corrected chi connectivity index (χ0v) is 19.6. The van der Waals surface area contributed by atoms with Crippen LogP contribution in [0.1, 0.15) is 35.5 Å². The molecule has 0 atom stereocenters. The minimum atomic E-state index is -3.21. The van der Waals surface area contributed by atoms with Crippen LogP contribution in [0, 0.1) is 0 Å². The number of thiophene rings is 1. The van der Waals surface area contributed by atoms with Crippen molar-refractivity contribution in [3.63, 3.8) is 0 Å². The van der Waals surface area contributed by atoms with E-state index in [9.17, 15) is 18.0 Å². The number of thioether (sulfide) groups is 1. The van der Waals surface area contributed by atoms with Crippen molar-refractivity contribution in [2.75, 3.05) is 32.1 Å². The van der Waals surface area contributed by atoms with Crippen molar-refractivity contribution in [3.05, 3.63) is 26.6 Å². The smallest absolute Gasteiger partial charge is 0.259 e. The largest absolute Gasteiger partial charge is 0.342 e. The number of fused-ring (bicyclic) bond motifs is 3. The minimum absolute atomic E-state index is 0.0407. The Kier molecular flexibility index (Phi) is 6.25. The van der Waals surface area contributed by atoms with E-state index < -0.39 is 10.0 Å². The van der Waals surface area contributed by atoms with Crippen LogP contribution in [0.3, 0.4) is 0 Å². The summed E-state index contributed by atoms with van der Waals surface area (Å²) in [4.78, 5) is 36.4. The lowest BCUT2D eigenvalue weighted by atomic mass is 10.1. The highest BCUT2D eigenvalue weighted by molar-refractivity contribution is 7.99. The second-order valence-corrected chi connectivity index (χ2v) is 12.0. The quantitative estimate of drug-likeness (QED) is 0.688. The second kappa shape index (κ2) is 8.60. The first-order valence-corrected chi connectivity index (χ1v) is 13.9. The molecule has 164 valence electrons. The number of aromatic amines is 1. The SMILES string of the molecule is CN(C1CCN(C(=O)CSCc2nc3sc4c(c3c(=O)[nH]2)CCC4)CC1)S(C)(=O)=O. The number of sulfonamides is 1. The molecule has 0 radical (unpaired) electrons. The molecule has 11 heteroatoms. The Balaban J connectivity index is 1.30. The molecule has 1 aliphatic heterocycles. The molecule has 3 heterocycles. The predicted molar refractivity (Wildman–Crippen MR) is 121 cm³/mol. The Morgan fingerprint density at radius 2 is 2.07 bits per heavy atom. The fourth-order valence-corrected chi connectivity index (χ4v) is 7.01. The van der Waals surface area contributed by atoms with Gasteiger partial charge in [-0.1, -0.05) is 0 Å². The molecule has 2 aliphatic rings. The van der Waals surface area contributed by atoms with Crippen LogP contribution in [0.15, 0.2) is 4.79 Å². The van der Waals surface area contributed by atoms with Crippen LogP contribution in [-0.2, 0) is 33.4 Å². The van der Waals surface area contributed by atoms with E-state index in [4.69, 9.17) is 0 Å². The maximum absolute atomic E-state index is 12.5. The van der Waals surface area contributed by atoms with Crippen LogP contribution in [0.4, 0.5) is 0 Å². The summed E-state index contributed by atoms with van der Waals surface area (Å²) >= 11 is 3.06. The third-order valence-electron chi connectivity index (χ3n) is 5.94. The molecule has 2 aromatic rings. The normalized spacial score (nSPS) is 17.8. The van der Waals surface area contributed by atoms with Crippen molar-refractivity contribution in [1.82, 2.24) is 19.2 Å². The third-order valence-corrected chi connectivity index (χ3v) is 9.40. The number of amides is 1. The number of likely N-dealkylation sites (tertiary alicyclic amines) is 1. The maximum Gasteiger partial charge on any atom is 0.259 e. The number of carbonyl (C=O) groups excluding carboxylic acids is 1. The number of H-pyrrole nitrogens is 1. The number of carbonyl (C=O) groups is 1. The first kappa shape index (κ1) is 21.8. The van der Waals surface area contributed by atoms with Crippen molar-refractivity contribution in [3.8, 4) is 0 Å². The number of hydrogen-bond acceptors (Lipinski definition) is 7. The highest BCUT2D eigenvalue weighted by Crippen LogP contribution is 2.34. The van der Waals surface area contributed by atoms with Gasteiger partial charge in [-0.2, -0.15) is 0 Å². The summed E-state index contributed by atoms with van der Waals surface area (Å²) in [7, 11) is -1.62. The molecule has 30 heavy (non-hydrogen) atoms. The van der Waals surface area contributed by atoms with Crippen molar-refractivity contribution in [1.29, 1.82) is 0 Å². The van der Waals surface area contributed by atoms with Crippen LogP contribution in [0.5, 0.6) is 0 Å². The number of nitrogens with one attached hydrogen (secondary N) is 1. The van der Waals surface area contributed by atoms with Crippen molar-refractivity contribution in [2.45, 2.75) is 43.9 Å². The van der Waals surface area contributed by atoms with Gasteiger partial charge in [0.15, 0.2) is 0 Å². The van der Waals surface area contributed by atoms with Gasteiger partial charge in [-0.05, 0) is 37.7 Å². The zero-order valence-electron chi connectivity index (χ0n) is 17.1. The fraction of sp³-hybridized carbons (Fsp3) is 0.632. The molecule has 0 spiro atoms. The van der Waals surface area contributed by atoms with E-state index in [0.717, 1.165) is 29.5 Å². The molecule has 1 aliphatic carbocycles. The Hall–Kier alpha value is -1.43. The molecule has 1 saturated heterocycles. The zero-order chi connectivity index (χ0) is 21.5. The number of hydrogen-bond donors (Lipinski definition) is 1. The van der Waals surface area contributed by atoms with Gasteiger partial charge in [-0.15, -0.1) is 23.1 Å². The van der Waals surface area contributed by atoms with E-state index in [0.29, 0.717) is 43.3 Å². The molecule has 0 unspecified atom stereocenters. The fourth-order valence-electron chi connectivity index (χ4n) is 4.19. The average Bonchev–Trinajstić information content (AvgIpc) is 3.27. The Morgan fingerprint density at radius 3 is 2.77 bits per heavy atom. The molecule has 1 N–H and O–H groups in total. The standard InChI is InChI=1S/C19H26N4O4S3/c1-22(30(2,26)27)12-6-8-23(9-7-12)16(24)11-28-10-15-20-18(25)17-13-4-3-5-14(13)29-19(17)21-15/h12H,3-11H2,1-2H3,(H,20,21,25). The Labute approximate surface area is 184 Å². The summed E-state index contributed by atoms with van der Waals surface area (Å²) < 4.78 is 24.8. The van der Waals surface area contributed by atoms with Gasteiger partial charge in [0.05, 0.1) is 23.1 Å². The highest BCUT2D eigenvalue weighted by atomic mass is 32.2. The van der Waals surface area contributed by atoms with E-state index >= 15 is 0 Å². The van der Waals surface area contributed by atoms with Crippen molar-refractivity contribution >= 4 is 49.2 Å². The van der Waals surface area contributed by atoms with Gasteiger partial charge in [0.25, 0.3) is 5.56 Å². The summed E-state index contributed by atoms with van der Waals surface area (Å²) in [5, 5.41) is 0.749. The van der Waals surface area contributed by atoms with Crippen LogP contribution in [-0.4, -0.2) is 71.7 Å². The molecule has 0 saturated carbocycles. The lowest BCUT2D eigenvalue weighted by molar-refractivity contribution is -0.129. The van der Waals surface area contributed by atoms with Gasteiger partial charge in [-0.3, -0.25) is 9.59 Å². The molecule has 1 amide bonds. The average molecular weight is 471 g/mol. The molecular formula is C19H26N4O4S3. The van der Waals surface area contributed by atoms with E-state index in [2.05, 4.69) is 9.97 Å². The van der Waals surface area contributed by atoms with E-state index in [1.807, 2.05) is 0 Å².